The van der Waals surface area contributed by atoms with E-state index in [-0.39, 0.29) is 5.69 Å². The zero-order chi connectivity index (χ0) is 12.3. The van der Waals surface area contributed by atoms with Crippen molar-refractivity contribution in [1.29, 1.82) is 0 Å². The van der Waals surface area contributed by atoms with E-state index in [4.69, 9.17) is 4.42 Å². The van der Waals surface area contributed by atoms with Crippen LogP contribution in [0.3, 0.4) is 0 Å². The molecule has 2 aromatic rings. The summed E-state index contributed by atoms with van der Waals surface area (Å²) >= 11 is 0. The number of hydrogen-bond acceptors (Lipinski definition) is 5. The van der Waals surface area contributed by atoms with Crippen LogP contribution in [-0.2, 0) is 6.54 Å². The molecule has 6 heteroatoms. The summed E-state index contributed by atoms with van der Waals surface area (Å²) in [5.74, 6) is 0.677. The molecule has 0 saturated heterocycles. The van der Waals surface area contributed by atoms with Gasteiger partial charge in [-0.25, -0.2) is 4.98 Å². The fraction of sp³-hybridized carbons (Fsp3) is 0.182. The van der Waals surface area contributed by atoms with Crippen LogP contribution in [0.2, 0.25) is 0 Å². The van der Waals surface area contributed by atoms with E-state index in [1.165, 1.54) is 12.5 Å². The van der Waals surface area contributed by atoms with Gasteiger partial charge in [0, 0.05) is 17.3 Å². The van der Waals surface area contributed by atoms with Crippen molar-refractivity contribution in [3.8, 4) is 0 Å². The minimum Gasteiger partial charge on any atom is -0.447 e. The second-order valence-corrected chi connectivity index (χ2v) is 3.53. The Kier molecular flexibility index (Phi) is 3.04. The van der Waals surface area contributed by atoms with Gasteiger partial charge >= 0.3 is 0 Å². The summed E-state index contributed by atoms with van der Waals surface area (Å²) in [5, 5.41) is 13.8. The molecule has 0 amide bonds. The molecule has 0 fully saturated rings. The number of aromatic nitrogens is 1. The third kappa shape index (κ3) is 2.41. The second-order valence-electron chi connectivity index (χ2n) is 3.53. The maximum atomic E-state index is 10.8. The van der Waals surface area contributed by atoms with Gasteiger partial charge in [0.15, 0.2) is 6.39 Å². The Hall–Kier alpha value is -2.37. The third-order valence-electron chi connectivity index (χ3n) is 2.44. The molecule has 1 aromatic heterocycles. The summed E-state index contributed by atoms with van der Waals surface area (Å²) in [6.07, 6.45) is 2.94. The molecule has 0 aliphatic carbocycles. The van der Waals surface area contributed by atoms with Gasteiger partial charge in [0.1, 0.15) is 5.76 Å². The lowest BCUT2D eigenvalue weighted by Gasteiger charge is -2.07. The molecule has 6 nitrogen and oxygen atoms in total. The molecule has 0 spiro atoms. The topological polar surface area (TPSA) is 81.2 Å². The number of oxazole rings is 1. The maximum Gasteiger partial charge on any atom is 0.274 e. The lowest BCUT2D eigenvalue weighted by atomic mass is 10.1. The minimum absolute atomic E-state index is 0.104. The van der Waals surface area contributed by atoms with Crippen molar-refractivity contribution < 1.29 is 9.34 Å². The lowest BCUT2D eigenvalue weighted by Crippen LogP contribution is -2.02. The normalized spacial score (nSPS) is 10.2. The quantitative estimate of drug-likeness (QED) is 0.648. The fourth-order valence-electron chi connectivity index (χ4n) is 1.52. The van der Waals surface area contributed by atoms with Gasteiger partial charge in [-0.1, -0.05) is 6.07 Å². The number of rotatable bonds is 4. The lowest BCUT2D eigenvalue weighted by molar-refractivity contribution is -0.385. The van der Waals surface area contributed by atoms with Crippen LogP contribution in [0.5, 0.6) is 0 Å². The smallest absolute Gasteiger partial charge is 0.274 e. The highest BCUT2D eigenvalue weighted by Gasteiger charge is 2.12. The summed E-state index contributed by atoms with van der Waals surface area (Å²) in [6, 6.07) is 4.92. The van der Waals surface area contributed by atoms with Crippen molar-refractivity contribution in [3.63, 3.8) is 0 Å². The van der Waals surface area contributed by atoms with Crippen molar-refractivity contribution in [2.75, 3.05) is 5.32 Å². The highest BCUT2D eigenvalue weighted by Crippen LogP contribution is 2.25. The van der Waals surface area contributed by atoms with Crippen molar-refractivity contribution in [3.05, 3.63) is 52.2 Å². The number of anilines is 1. The largest absolute Gasteiger partial charge is 0.447 e. The zero-order valence-electron chi connectivity index (χ0n) is 9.21. The molecule has 0 saturated carbocycles. The maximum absolute atomic E-state index is 10.8. The zero-order valence-corrected chi connectivity index (χ0v) is 9.21. The molecule has 17 heavy (non-hydrogen) atoms. The monoisotopic (exact) mass is 233 g/mol. The first-order chi connectivity index (χ1) is 8.18. The minimum atomic E-state index is -0.394. The Morgan fingerprint density at radius 2 is 2.35 bits per heavy atom. The summed E-state index contributed by atoms with van der Waals surface area (Å²) in [6.45, 7) is 2.16. The Labute approximate surface area is 97.4 Å². The van der Waals surface area contributed by atoms with Crippen LogP contribution in [0, 0.1) is 17.0 Å². The van der Waals surface area contributed by atoms with Crippen LogP contribution >= 0.6 is 0 Å². The second kappa shape index (κ2) is 4.65. The van der Waals surface area contributed by atoms with E-state index in [2.05, 4.69) is 10.3 Å². The van der Waals surface area contributed by atoms with Crippen molar-refractivity contribution in [1.82, 2.24) is 4.98 Å². The molecule has 0 unspecified atom stereocenters. The molecule has 1 N–H and O–H groups in total. The van der Waals surface area contributed by atoms with E-state index in [0.29, 0.717) is 17.9 Å². The standard InChI is InChI=1S/C11H11N3O3/c1-8-10(3-2-4-11(8)14(15)16)13-6-9-5-12-7-17-9/h2-5,7,13H,6H2,1H3. The molecular formula is C11H11N3O3. The molecule has 2 rings (SSSR count). The molecule has 0 aliphatic rings. The number of nitrogens with one attached hydrogen (secondary N) is 1. The third-order valence-corrected chi connectivity index (χ3v) is 2.44. The van der Waals surface area contributed by atoms with Gasteiger partial charge in [0.25, 0.3) is 5.69 Å². The van der Waals surface area contributed by atoms with Crippen LogP contribution in [0.25, 0.3) is 0 Å². The van der Waals surface area contributed by atoms with Crippen molar-refractivity contribution in [2.45, 2.75) is 13.5 Å². The molecule has 1 aromatic carbocycles. The van der Waals surface area contributed by atoms with Crippen LogP contribution in [0.1, 0.15) is 11.3 Å². The molecule has 88 valence electrons. The van der Waals surface area contributed by atoms with Gasteiger partial charge in [0.2, 0.25) is 0 Å². The highest BCUT2D eigenvalue weighted by atomic mass is 16.6. The van der Waals surface area contributed by atoms with E-state index in [1.807, 2.05) is 0 Å². The van der Waals surface area contributed by atoms with Gasteiger partial charge in [-0.15, -0.1) is 0 Å². The SMILES string of the molecule is Cc1c(NCc2cnco2)cccc1[N+](=O)[O-]. The van der Waals surface area contributed by atoms with Gasteiger partial charge in [-0.05, 0) is 13.0 Å². The number of nitro groups is 1. The summed E-state index contributed by atoms with van der Waals surface area (Å²) in [5.41, 5.74) is 1.43. The van der Waals surface area contributed by atoms with Gasteiger partial charge in [0.05, 0.1) is 17.7 Å². The Morgan fingerprint density at radius 1 is 1.53 bits per heavy atom. The van der Waals surface area contributed by atoms with Crippen LogP contribution < -0.4 is 5.32 Å². The van der Waals surface area contributed by atoms with Gasteiger partial charge in [-0.2, -0.15) is 0 Å². The molecule has 0 aliphatic heterocycles. The van der Waals surface area contributed by atoms with Crippen LogP contribution in [0.15, 0.2) is 35.2 Å². The summed E-state index contributed by atoms with van der Waals surface area (Å²) in [4.78, 5) is 14.2. The van der Waals surface area contributed by atoms with E-state index >= 15 is 0 Å². The predicted octanol–water partition coefficient (Wildman–Crippen LogP) is 2.50. The highest BCUT2D eigenvalue weighted by molar-refractivity contribution is 5.59. The van der Waals surface area contributed by atoms with Crippen molar-refractivity contribution >= 4 is 11.4 Å². The van der Waals surface area contributed by atoms with Crippen molar-refractivity contribution in [2.24, 2.45) is 0 Å². The molecule has 1 heterocycles. The van der Waals surface area contributed by atoms with E-state index in [1.54, 1.807) is 25.3 Å². The van der Waals surface area contributed by atoms with Crippen LogP contribution in [-0.4, -0.2) is 9.91 Å². The summed E-state index contributed by atoms with van der Waals surface area (Å²) < 4.78 is 5.07. The predicted molar refractivity (Wildman–Crippen MR) is 61.7 cm³/mol. The Bertz CT molecular complexity index is 523. The molecule has 0 radical (unpaired) electrons. The summed E-state index contributed by atoms with van der Waals surface area (Å²) in [7, 11) is 0. The average molecular weight is 233 g/mol. The number of hydrogen-bond donors (Lipinski definition) is 1. The van der Waals surface area contributed by atoms with Gasteiger partial charge in [-0.3, -0.25) is 10.1 Å². The first kappa shape index (κ1) is 11.1. The number of nitrogens with zero attached hydrogens (tertiary/aromatic N) is 2. The molecular weight excluding hydrogens is 222 g/mol. The molecule has 0 atom stereocenters. The number of nitro benzene ring substituents is 1. The Balaban J connectivity index is 2.16. The molecule has 0 bridgehead atoms. The number of benzene rings is 1. The average Bonchev–Trinajstić information content (AvgIpc) is 2.80. The van der Waals surface area contributed by atoms with E-state index in [0.717, 1.165) is 5.69 Å². The van der Waals surface area contributed by atoms with E-state index < -0.39 is 4.92 Å². The van der Waals surface area contributed by atoms with Gasteiger partial charge < -0.3 is 9.73 Å². The first-order valence-electron chi connectivity index (χ1n) is 5.03. The fourth-order valence-corrected chi connectivity index (χ4v) is 1.52. The van der Waals surface area contributed by atoms with Crippen LogP contribution in [0.4, 0.5) is 11.4 Å². The Morgan fingerprint density at radius 3 is 3.00 bits per heavy atom. The van der Waals surface area contributed by atoms with E-state index in [9.17, 15) is 10.1 Å². The first-order valence-corrected chi connectivity index (χ1v) is 5.03.